The molecule has 2 aromatic carbocycles. The first-order valence-electron chi connectivity index (χ1n) is 10.3. The fourth-order valence-electron chi connectivity index (χ4n) is 3.96. The van der Waals surface area contributed by atoms with E-state index in [4.69, 9.17) is 11.6 Å². The minimum absolute atomic E-state index is 0. The Balaban J connectivity index is 0.00000274. The third-order valence-corrected chi connectivity index (χ3v) is 7.05. The number of fused-ring (bicyclic) bond motifs is 1. The average molecular weight is 514 g/mol. The van der Waals surface area contributed by atoms with Gasteiger partial charge in [-0.25, -0.2) is 13.6 Å². The number of aliphatic hydroxyl groups is 1. The summed E-state index contributed by atoms with van der Waals surface area (Å²) >= 11 is 7.21. The van der Waals surface area contributed by atoms with Crippen LogP contribution in [0.3, 0.4) is 0 Å². The quantitative estimate of drug-likeness (QED) is 0.346. The molecule has 172 valence electrons. The molecule has 1 aliphatic rings. The Morgan fingerprint density at radius 3 is 2.65 bits per heavy atom. The van der Waals surface area contributed by atoms with Crippen LogP contribution in [0.4, 0.5) is 8.78 Å². The fraction of sp³-hybridized carbons (Fsp3) is 0.217. The van der Waals surface area contributed by atoms with Crippen LogP contribution in [-0.4, -0.2) is 66.7 Å². The number of carboxylic acid groups (broad SMARTS) is 1. The monoisotopic (exact) mass is 513 g/mol. The van der Waals surface area contributed by atoms with Gasteiger partial charge in [-0.2, -0.15) is 5.10 Å². The molecule has 0 amide bonds. The van der Waals surface area contributed by atoms with Gasteiger partial charge in [-0.1, -0.05) is 29.4 Å². The first kappa shape index (κ1) is 25.2. The van der Waals surface area contributed by atoms with Gasteiger partial charge in [0.05, 0.1) is 41.1 Å². The normalized spacial score (nSPS) is 13.3. The number of carboxylic acids is 1. The van der Waals surface area contributed by atoms with Crippen molar-refractivity contribution in [1.82, 2.24) is 14.3 Å². The van der Waals surface area contributed by atoms with E-state index in [1.165, 1.54) is 24.3 Å². The number of halogens is 3. The summed E-state index contributed by atoms with van der Waals surface area (Å²) in [5.74, 6) is -2.65. The molecule has 0 aliphatic heterocycles. The van der Waals surface area contributed by atoms with E-state index in [-0.39, 0.29) is 64.1 Å². The van der Waals surface area contributed by atoms with Crippen LogP contribution in [0.5, 0.6) is 0 Å². The summed E-state index contributed by atoms with van der Waals surface area (Å²) < 4.78 is 33.7. The number of aliphatic hydroxyl groups excluding tert-OH is 1. The van der Waals surface area contributed by atoms with E-state index in [0.29, 0.717) is 16.0 Å². The molecule has 34 heavy (non-hydrogen) atoms. The maximum atomic E-state index is 15.4. The molecular weight excluding hydrogens is 495 g/mol. The van der Waals surface area contributed by atoms with E-state index in [2.05, 4.69) is 5.10 Å². The van der Waals surface area contributed by atoms with Crippen LogP contribution in [0, 0.1) is 11.6 Å². The van der Waals surface area contributed by atoms with Crippen molar-refractivity contribution in [2.45, 2.75) is 35.1 Å². The van der Waals surface area contributed by atoms with Crippen molar-refractivity contribution in [3.05, 3.63) is 70.6 Å². The van der Waals surface area contributed by atoms with E-state index in [0.717, 1.165) is 30.3 Å². The molecule has 0 bridgehead atoms. The van der Waals surface area contributed by atoms with Gasteiger partial charge < -0.3 is 14.8 Å². The predicted octanol–water partition coefficient (Wildman–Crippen LogP) is 4.83. The van der Waals surface area contributed by atoms with Gasteiger partial charge in [-0.05, 0) is 37.1 Å². The van der Waals surface area contributed by atoms with E-state index < -0.39 is 23.2 Å². The zero-order chi connectivity index (χ0) is 23.3. The summed E-state index contributed by atoms with van der Waals surface area (Å²) in [6.45, 7) is 0.194. The number of hydrogen-bond donors (Lipinski definition) is 2. The molecule has 0 saturated heterocycles. The van der Waals surface area contributed by atoms with Crippen LogP contribution < -0.4 is 0 Å². The number of aromatic carboxylic acids is 1. The molecule has 4 aromatic rings. The van der Waals surface area contributed by atoms with Gasteiger partial charge in [0.2, 0.25) is 0 Å². The predicted molar refractivity (Wildman–Crippen MR) is 128 cm³/mol. The summed E-state index contributed by atoms with van der Waals surface area (Å²) in [7, 11) is 0. The molecular formula is C23H19ClF2N3NaO3S. The number of benzene rings is 2. The molecule has 5 rings (SSSR count). The Morgan fingerprint density at radius 2 is 1.97 bits per heavy atom. The Kier molecular flexibility index (Phi) is 7.42. The van der Waals surface area contributed by atoms with Crippen molar-refractivity contribution in [2.24, 2.45) is 0 Å². The van der Waals surface area contributed by atoms with E-state index in [1.807, 2.05) is 0 Å². The molecule has 0 spiro atoms. The molecule has 0 radical (unpaired) electrons. The van der Waals surface area contributed by atoms with Crippen molar-refractivity contribution < 1.29 is 23.8 Å². The second-order valence-corrected chi connectivity index (χ2v) is 9.25. The third kappa shape index (κ3) is 4.41. The van der Waals surface area contributed by atoms with Gasteiger partial charge in [0.1, 0.15) is 0 Å². The van der Waals surface area contributed by atoms with Gasteiger partial charge >= 0.3 is 35.5 Å². The molecule has 1 saturated carbocycles. The molecule has 2 aromatic heterocycles. The van der Waals surface area contributed by atoms with Crippen LogP contribution in [0.15, 0.2) is 52.5 Å². The minimum atomic E-state index is -1.35. The summed E-state index contributed by atoms with van der Waals surface area (Å²) in [5, 5.41) is 23.3. The molecule has 2 heterocycles. The molecule has 6 nitrogen and oxygen atoms in total. The second kappa shape index (κ2) is 10.0. The standard InChI is InChI=1S/C23H18ClF2N3O3S.Na.H/c24-16-7-6-15-21(19(16)26)29(13-10-27-28(11-13)8-9-30)20(12-4-5-12)22(15)33-17-3-1-2-14(18(17)25)23(31)32;;/h1-3,6-7,10-12,30H,4-5,8-9H2,(H,31,32);;. The number of nitrogens with zero attached hydrogens (tertiary/aromatic N) is 3. The zero-order valence-corrected chi connectivity index (χ0v) is 18.7. The summed E-state index contributed by atoms with van der Waals surface area (Å²) in [5.41, 5.74) is 1.24. The topological polar surface area (TPSA) is 80.3 Å². The Morgan fingerprint density at radius 1 is 1.21 bits per heavy atom. The molecule has 0 atom stereocenters. The van der Waals surface area contributed by atoms with Crippen molar-refractivity contribution in [1.29, 1.82) is 0 Å². The van der Waals surface area contributed by atoms with E-state index in [1.54, 1.807) is 27.7 Å². The third-order valence-electron chi connectivity index (χ3n) is 5.59. The number of aromatic nitrogens is 3. The number of carbonyl (C=O) groups is 1. The van der Waals surface area contributed by atoms with Crippen LogP contribution in [0.2, 0.25) is 5.02 Å². The van der Waals surface area contributed by atoms with Gasteiger partial charge in [0, 0.05) is 33.0 Å². The Bertz CT molecular complexity index is 1400. The average Bonchev–Trinajstić information content (AvgIpc) is 3.43. The maximum absolute atomic E-state index is 15.4. The zero-order valence-electron chi connectivity index (χ0n) is 17.1. The van der Waals surface area contributed by atoms with Crippen molar-refractivity contribution in [2.75, 3.05) is 6.61 Å². The van der Waals surface area contributed by atoms with Crippen molar-refractivity contribution in [3.8, 4) is 5.69 Å². The fourth-order valence-corrected chi connectivity index (χ4v) is 5.32. The van der Waals surface area contributed by atoms with Gasteiger partial charge in [0.25, 0.3) is 0 Å². The number of hydrogen-bond acceptors (Lipinski definition) is 4. The second-order valence-electron chi connectivity index (χ2n) is 7.79. The van der Waals surface area contributed by atoms with Crippen LogP contribution in [0.25, 0.3) is 16.6 Å². The number of rotatable bonds is 7. The van der Waals surface area contributed by atoms with Crippen LogP contribution in [0.1, 0.15) is 34.8 Å². The van der Waals surface area contributed by atoms with E-state index in [9.17, 15) is 19.4 Å². The molecule has 0 unspecified atom stereocenters. The molecule has 1 aliphatic carbocycles. The van der Waals surface area contributed by atoms with E-state index >= 15 is 4.39 Å². The van der Waals surface area contributed by atoms with Gasteiger partial charge in [-0.3, -0.25) is 4.68 Å². The summed E-state index contributed by atoms with van der Waals surface area (Å²) in [6, 6.07) is 7.37. The Labute approximate surface area is 224 Å². The van der Waals surface area contributed by atoms with Gasteiger partial charge in [0.15, 0.2) is 11.6 Å². The van der Waals surface area contributed by atoms with Gasteiger partial charge in [-0.15, -0.1) is 0 Å². The first-order chi connectivity index (χ1) is 15.9. The summed E-state index contributed by atoms with van der Waals surface area (Å²) in [6.07, 6.45) is 5.08. The summed E-state index contributed by atoms with van der Waals surface area (Å²) in [4.78, 5) is 12.2. The Hall–Kier alpha value is -1.88. The molecule has 1 fully saturated rings. The molecule has 11 heteroatoms. The first-order valence-corrected chi connectivity index (χ1v) is 11.5. The van der Waals surface area contributed by atoms with Crippen molar-refractivity contribution in [3.63, 3.8) is 0 Å². The van der Waals surface area contributed by atoms with Crippen LogP contribution >= 0.6 is 23.4 Å². The van der Waals surface area contributed by atoms with Crippen LogP contribution in [-0.2, 0) is 6.54 Å². The van der Waals surface area contributed by atoms with Crippen molar-refractivity contribution >= 4 is 69.8 Å². The SMILES string of the molecule is O=C(O)c1cccc(Sc2c(C3CC3)n(-c3cnn(CCO)c3)c3c(F)c(Cl)ccc23)c1F.[NaH]. The molecule has 2 N–H and O–H groups in total.